The van der Waals surface area contributed by atoms with Crippen LogP contribution in [0, 0.1) is 6.92 Å². The summed E-state index contributed by atoms with van der Waals surface area (Å²) in [5.74, 6) is -1.52. The minimum absolute atomic E-state index is 0.194. The molecule has 1 atom stereocenters. The van der Waals surface area contributed by atoms with E-state index in [-0.39, 0.29) is 24.7 Å². The number of Topliss-reactive ketones (excluding diaryl/α,β-unsaturated/α-hetero) is 1. The predicted octanol–water partition coefficient (Wildman–Crippen LogP) is 3.55. The molecule has 0 spiro atoms. The zero-order valence-electron chi connectivity index (χ0n) is 13.4. The second-order valence-electron chi connectivity index (χ2n) is 5.75. The van der Waals surface area contributed by atoms with Crippen molar-refractivity contribution >= 4 is 22.6 Å². The van der Waals surface area contributed by atoms with Crippen molar-refractivity contribution in [3.05, 3.63) is 35.0 Å². The molecule has 0 fully saturated rings. The molecule has 0 saturated heterocycles. The zero-order valence-corrected chi connectivity index (χ0v) is 13.4. The first-order valence-electron chi connectivity index (χ1n) is 7.50. The van der Waals surface area contributed by atoms with Crippen LogP contribution >= 0.6 is 0 Å². The van der Waals surface area contributed by atoms with E-state index in [2.05, 4.69) is 10.3 Å². The van der Waals surface area contributed by atoms with Crippen LogP contribution in [-0.2, 0) is 4.79 Å². The number of carbonyl (C=O) groups excluding carboxylic acids is 2. The van der Waals surface area contributed by atoms with Gasteiger partial charge in [-0.25, -0.2) is 8.78 Å². The number of ketones is 1. The van der Waals surface area contributed by atoms with E-state index in [0.717, 1.165) is 22.0 Å². The summed E-state index contributed by atoms with van der Waals surface area (Å²) in [6.45, 7) is 3.79. The summed E-state index contributed by atoms with van der Waals surface area (Å²) in [6.07, 6.45) is -2.87. The van der Waals surface area contributed by atoms with Crippen molar-refractivity contribution in [2.45, 2.75) is 39.0 Å². The number of aromatic amines is 1. The van der Waals surface area contributed by atoms with E-state index in [0.29, 0.717) is 5.69 Å². The lowest BCUT2D eigenvalue weighted by Gasteiger charge is -2.13. The summed E-state index contributed by atoms with van der Waals surface area (Å²) < 4.78 is 24.7. The smallest absolute Gasteiger partial charge is 0.295 e. The molecule has 6 heteroatoms. The van der Waals surface area contributed by atoms with E-state index < -0.39 is 12.2 Å². The Morgan fingerprint density at radius 3 is 2.61 bits per heavy atom. The molecule has 1 heterocycles. The highest BCUT2D eigenvalue weighted by atomic mass is 19.3. The fourth-order valence-electron chi connectivity index (χ4n) is 2.75. The number of H-pyrrole nitrogens is 1. The largest absolute Gasteiger partial charge is 0.354 e. The Morgan fingerprint density at radius 2 is 2.00 bits per heavy atom. The molecule has 4 nitrogen and oxygen atoms in total. The Hall–Kier alpha value is -2.24. The number of alkyl halides is 2. The molecule has 0 bridgehead atoms. The van der Waals surface area contributed by atoms with E-state index in [1.807, 2.05) is 32.0 Å². The molecule has 0 aliphatic heterocycles. The average Bonchev–Trinajstić information content (AvgIpc) is 2.89. The first-order valence-corrected chi connectivity index (χ1v) is 7.50. The standard InChI is InChI=1S/C17H20F2N2O2/c1-9-4-6-12-11(8-9)14(15(21-12)17(23)20-3)10(2)5-7-13(22)16(18)19/h4,6,8,10,16,21H,5,7H2,1-3H3,(H,20,23)/t10-/m1/s1. The fourth-order valence-corrected chi connectivity index (χ4v) is 2.75. The molecule has 1 amide bonds. The number of hydrogen-bond donors (Lipinski definition) is 2. The molecule has 2 rings (SSSR count). The third-order valence-electron chi connectivity index (χ3n) is 4.01. The predicted molar refractivity (Wildman–Crippen MR) is 85.1 cm³/mol. The maximum Gasteiger partial charge on any atom is 0.295 e. The van der Waals surface area contributed by atoms with Gasteiger partial charge in [-0.1, -0.05) is 18.6 Å². The van der Waals surface area contributed by atoms with Crippen LogP contribution in [-0.4, -0.2) is 30.1 Å². The third-order valence-corrected chi connectivity index (χ3v) is 4.01. The average molecular weight is 322 g/mol. The van der Waals surface area contributed by atoms with E-state index in [4.69, 9.17) is 0 Å². The maximum atomic E-state index is 12.4. The summed E-state index contributed by atoms with van der Waals surface area (Å²) in [4.78, 5) is 26.4. The quantitative estimate of drug-likeness (QED) is 0.854. The van der Waals surface area contributed by atoms with Gasteiger partial charge in [-0.2, -0.15) is 0 Å². The molecule has 0 radical (unpaired) electrons. The van der Waals surface area contributed by atoms with Crippen LogP contribution in [0.3, 0.4) is 0 Å². The molecule has 2 aromatic rings. The van der Waals surface area contributed by atoms with E-state index in [1.54, 1.807) is 0 Å². The summed E-state index contributed by atoms with van der Waals surface area (Å²) >= 11 is 0. The lowest BCUT2D eigenvalue weighted by atomic mass is 9.92. The molecule has 0 unspecified atom stereocenters. The van der Waals surface area contributed by atoms with Crippen LogP contribution in [0.5, 0.6) is 0 Å². The lowest BCUT2D eigenvalue weighted by molar-refractivity contribution is -0.129. The highest BCUT2D eigenvalue weighted by Crippen LogP contribution is 2.33. The molecule has 1 aromatic heterocycles. The number of nitrogens with one attached hydrogen (secondary N) is 2. The van der Waals surface area contributed by atoms with Crippen molar-refractivity contribution in [3.8, 4) is 0 Å². The second kappa shape index (κ2) is 6.89. The van der Waals surface area contributed by atoms with Crippen molar-refractivity contribution in [1.29, 1.82) is 0 Å². The van der Waals surface area contributed by atoms with Crippen LogP contribution in [0.25, 0.3) is 10.9 Å². The van der Waals surface area contributed by atoms with Crippen molar-refractivity contribution in [2.24, 2.45) is 0 Å². The van der Waals surface area contributed by atoms with Gasteiger partial charge < -0.3 is 10.3 Å². The SMILES string of the molecule is CNC(=O)c1[nH]c2ccc(C)cc2c1[C@H](C)CCC(=O)C(F)F. The molecule has 2 N–H and O–H groups in total. The Bertz CT molecular complexity index is 738. The van der Waals surface area contributed by atoms with Crippen molar-refractivity contribution in [2.75, 3.05) is 7.05 Å². The summed E-state index contributed by atoms with van der Waals surface area (Å²) in [5, 5.41) is 3.47. The number of hydrogen-bond acceptors (Lipinski definition) is 2. The van der Waals surface area contributed by atoms with E-state index >= 15 is 0 Å². The van der Waals surface area contributed by atoms with Crippen molar-refractivity contribution in [3.63, 3.8) is 0 Å². The summed E-state index contributed by atoms with van der Waals surface area (Å²) in [7, 11) is 1.54. The molecule has 124 valence electrons. The number of aryl methyl sites for hydroxylation is 1. The van der Waals surface area contributed by atoms with E-state index in [1.165, 1.54) is 7.05 Å². The van der Waals surface area contributed by atoms with Gasteiger partial charge in [0.2, 0.25) is 0 Å². The molecule has 0 saturated carbocycles. The highest BCUT2D eigenvalue weighted by molar-refractivity contribution is 6.01. The van der Waals surface area contributed by atoms with Crippen LogP contribution in [0.15, 0.2) is 18.2 Å². The summed E-state index contributed by atoms with van der Waals surface area (Å²) in [6, 6.07) is 5.78. The molecular formula is C17H20F2N2O2. The van der Waals surface area contributed by atoms with Crippen LogP contribution in [0.2, 0.25) is 0 Å². The minimum atomic E-state index is -2.94. The van der Waals surface area contributed by atoms with Crippen LogP contribution < -0.4 is 5.32 Å². The van der Waals surface area contributed by atoms with Gasteiger partial charge in [-0.05, 0) is 37.0 Å². The van der Waals surface area contributed by atoms with Crippen molar-refractivity contribution < 1.29 is 18.4 Å². The van der Waals surface area contributed by atoms with Gasteiger partial charge in [0.05, 0.1) is 0 Å². The monoisotopic (exact) mass is 322 g/mol. The Morgan fingerprint density at radius 1 is 1.30 bits per heavy atom. The first kappa shape index (κ1) is 17.1. The molecule has 23 heavy (non-hydrogen) atoms. The number of amides is 1. The zero-order chi connectivity index (χ0) is 17.1. The van der Waals surface area contributed by atoms with Gasteiger partial charge in [0, 0.05) is 24.4 Å². The second-order valence-corrected chi connectivity index (χ2v) is 5.75. The number of rotatable bonds is 6. The summed E-state index contributed by atoms with van der Waals surface area (Å²) in [5.41, 5.74) is 3.04. The number of fused-ring (bicyclic) bond motifs is 1. The van der Waals surface area contributed by atoms with Gasteiger partial charge in [-0.3, -0.25) is 9.59 Å². The highest BCUT2D eigenvalue weighted by Gasteiger charge is 2.23. The van der Waals surface area contributed by atoms with Gasteiger partial charge in [0.25, 0.3) is 12.3 Å². The molecule has 0 aliphatic rings. The van der Waals surface area contributed by atoms with Crippen LogP contribution in [0.4, 0.5) is 8.78 Å². The van der Waals surface area contributed by atoms with E-state index in [9.17, 15) is 18.4 Å². The van der Waals surface area contributed by atoms with Gasteiger partial charge >= 0.3 is 0 Å². The van der Waals surface area contributed by atoms with Gasteiger partial charge in [0.1, 0.15) is 5.69 Å². The van der Waals surface area contributed by atoms with Crippen molar-refractivity contribution in [1.82, 2.24) is 10.3 Å². The van der Waals surface area contributed by atoms with Gasteiger partial charge in [-0.15, -0.1) is 0 Å². The Balaban J connectivity index is 2.41. The maximum absolute atomic E-state index is 12.4. The normalized spacial score (nSPS) is 12.6. The van der Waals surface area contributed by atoms with Crippen LogP contribution in [0.1, 0.15) is 47.3 Å². The minimum Gasteiger partial charge on any atom is -0.354 e. The first-order chi connectivity index (χ1) is 10.8. The Kier molecular flexibility index (Phi) is 5.13. The number of carbonyl (C=O) groups is 2. The molecule has 0 aliphatic carbocycles. The Labute approximate surface area is 133 Å². The topological polar surface area (TPSA) is 62.0 Å². The number of aromatic nitrogens is 1. The molecule has 1 aromatic carbocycles. The number of benzene rings is 1. The fraction of sp³-hybridized carbons (Fsp3) is 0.412. The number of halogens is 2. The lowest BCUT2D eigenvalue weighted by Crippen LogP contribution is -2.20. The molecular weight excluding hydrogens is 302 g/mol. The van der Waals surface area contributed by atoms with Gasteiger partial charge in [0.15, 0.2) is 5.78 Å². The third kappa shape index (κ3) is 3.57.